The van der Waals surface area contributed by atoms with Gasteiger partial charge in [0.1, 0.15) is 0 Å². The van der Waals surface area contributed by atoms with Gasteiger partial charge in [0.05, 0.1) is 11.4 Å². The van der Waals surface area contributed by atoms with Crippen LogP contribution in [0, 0.1) is 0 Å². The molecule has 0 aromatic carbocycles. The van der Waals surface area contributed by atoms with Gasteiger partial charge in [-0.05, 0) is 0 Å². The van der Waals surface area contributed by atoms with Crippen molar-refractivity contribution in [2.75, 3.05) is 14.1 Å². The first-order valence-corrected chi connectivity index (χ1v) is 4.02. The molecule has 0 aliphatic heterocycles. The maximum atomic E-state index is 9.33. The monoisotopic (exact) mass is 199 g/mol. The van der Waals surface area contributed by atoms with E-state index in [2.05, 4.69) is 9.98 Å². The molecule has 70 valence electrons. The highest BCUT2D eigenvalue weighted by Gasteiger charge is 2.00. The van der Waals surface area contributed by atoms with Crippen molar-refractivity contribution in [1.29, 1.82) is 0 Å². The second-order valence-electron chi connectivity index (χ2n) is 2.70. The van der Waals surface area contributed by atoms with Crippen LogP contribution >= 0.6 is 11.6 Å². The minimum atomic E-state index is -0.0226. The summed E-state index contributed by atoms with van der Waals surface area (Å²) in [4.78, 5) is 9.52. The van der Waals surface area contributed by atoms with E-state index in [0.29, 0.717) is 5.02 Å². The second-order valence-corrected chi connectivity index (χ2v) is 3.14. The predicted molar refractivity (Wildman–Crippen MR) is 52.8 cm³/mol. The minimum Gasteiger partial charge on any atom is -0.504 e. The predicted octanol–water partition coefficient (Wildman–Crippen LogP) is 1.66. The van der Waals surface area contributed by atoms with Crippen LogP contribution in [-0.2, 0) is 0 Å². The van der Waals surface area contributed by atoms with Crippen LogP contribution in [-0.4, -0.2) is 35.4 Å². The molecule has 0 spiro atoms. The largest absolute Gasteiger partial charge is 0.504 e. The number of hydrogen-bond donors (Lipinski definition) is 1. The van der Waals surface area contributed by atoms with Gasteiger partial charge in [0.2, 0.25) is 0 Å². The van der Waals surface area contributed by atoms with Gasteiger partial charge in [-0.1, -0.05) is 11.6 Å². The van der Waals surface area contributed by atoms with Gasteiger partial charge in [-0.3, -0.25) is 0 Å². The molecule has 0 saturated carbocycles. The first-order valence-electron chi connectivity index (χ1n) is 3.64. The van der Waals surface area contributed by atoms with Crippen LogP contribution in [0.2, 0.25) is 5.02 Å². The molecule has 1 heterocycles. The lowest BCUT2D eigenvalue weighted by atomic mass is 10.4. The fourth-order valence-corrected chi connectivity index (χ4v) is 0.843. The van der Waals surface area contributed by atoms with Crippen LogP contribution in [0.15, 0.2) is 17.3 Å². The van der Waals surface area contributed by atoms with Gasteiger partial charge in [0, 0.05) is 26.4 Å². The van der Waals surface area contributed by atoms with Crippen molar-refractivity contribution in [3.8, 4) is 5.75 Å². The van der Waals surface area contributed by atoms with Crippen LogP contribution < -0.4 is 0 Å². The lowest BCUT2D eigenvalue weighted by molar-refractivity contribution is 0.474. The summed E-state index contributed by atoms with van der Waals surface area (Å²) in [5.74, 6) is 0.240. The molecule has 0 atom stereocenters. The molecule has 0 radical (unpaired) electrons. The Morgan fingerprint density at radius 1 is 1.62 bits per heavy atom. The third-order valence-electron chi connectivity index (χ3n) is 1.22. The summed E-state index contributed by atoms with van der Waals surface area (Å²) in [6, 6.07) is 1.40. The van der Waals surface area contributed by atoms with Gasteiger partial charge < -0.3 is 10.0 Å². The van der Waals surface area contributed by atoms with Gasteiger partial charge in [0.15, 0.2) is 11.6 Å². The molecule has 0 bridgehead atoms. The Bertz CT molecular complexity index is 325. The molecule has 4 nitrogen and oxygen atoms in total. The van der Waals surface area contributed by atoms with Gasteiger partial charge in [-0.25, -0.2) is 9.98 Å². The standard InChI is InChI=1S/C8H10ClN3O/c1-12(2)5-11-8-7(13)3-6(9)4-10-8/h3-5,13H,1-2H3. The average Bonchev–Trinajstić information content (AvgIpc) is 2.02. The normalized spacial score (nSPS) is 10.7. The molecule has 1 aromatic heterocycles. The molecule has 0 aliphatic carbocycles. The van der Waals surface area contributed by atoms with Gasteiger partial charge >= 0.3 is 0 Å². The fraction of sp³-hybridized carbons (Fsp3) is 0.250. The topological polar surface area (TPSA) is 48.7 Å². The van der Waals surface area contributed by atoms with E-state index in [1.54, 1.807) is 11.2 Å². The minimum absolute atomic E-state index is 0.0226. The van der Waals surface area contributed by atoms with E-state index < -0.39 is 0 Å². The molecular weight excluding hydrogens is 190 g/mol. The Kier molecular flexibility index (Phi) is 3.08. The van der Waals surface area contributed by atoms with E-state index in [9.17, 15) is 5.11 Å². The number of halogens is 1. The molecule has 1 N–H and O–H groups in total. The summed E-state index contributed by atoms with van der Waals surface area (Å²) < 4.78 is 0. The van der Waals surface area contributed by atoms with E-state index in [1.165, 1.54) is 12.3 Å². The third-order valence-corrected chi connectivity index (χ3v) is 1.43. The maximum absolute atomic E-state index is 9.33. The van der Waals surface area contributed by atoms with Crippen molar-refractivity contribution in [3.05, 3.63) is 17.3 Å². The summed E-state index contributed by atoms with van der Waals surface area (Å²) in [7, 11) is 3.66. The number of nitrogens with zero attached hydrogens (tertiary/aromatic N) is 3. The molecule has 0 aliphatic rings. The van der Waals surface area contributed by atoms with Gasteiger partial charge in [-0.15, -0.1) is 0 Å². The van der Waals surface area contributed by atoms with Gasteiger partial charge in [-0.2, -0.15) is 0 Å². The van der Waals surface area contributed by atoms with E-state index in [1.807, 2.05) is 14.1 Å². The number of aromatic hydroxyl groups is 1. The molecule has 0 unspecified atom stereocenters. The zero-order valence-corrected chi connectivity index (χ0v) is 8.15. The second kappa shape index (κ2) is 4.09. The number of aromatic nitrogens is 1. The quantitative estimate of drug-likeness (QED) is 0.582. The van der Waals surface area contributed by atoms with Crippen molar-refractivity contribution >= 4 is 23.8 Å². The smallest absolute Gasteiger partial charge is 0.196 e. The number of aliphatic imine (C=N–C) groups is 1. The Morgan fingerprint density at radius 2 is 2.31 bits per heavy atom. The number of rotatable bonds is 2. The number of pyridine rings is 1. The highest BCUT2D eigenvalue weighted by atomic mass is 35.5. The third kappa shape index (κ3) is 2.91. The van der Waals surface area contributed by atoms with Gasteiger partial charge in [0.25, 0.3) is 0 Å². The zero-order chi connectivity index (χ0) is 9.84. The SMILES string of the molecule is CN(C)C=Nc1ncc(Cl)cc1O. The molecule has 1 rings (SSSR count). The van der Waals surface area contributed by atoms with Crippen molar-refractivity contribution < 1.29 is 5.11 Å². The van der Waals surface area contributed by atoms with Crippen LogP contribution in [0.5, 0.6) is 5.75 Å². The molecule has 1 aromatic rings. The summed E-state index contributed by atoms with van der Waals surface area (Å²) in [5, 5.41) is 9.72. The molecule has 5 heteroatoms. The Labute approximate surface area is 81.5 Å². The summed E-state index contributed by atoms with van der Waals surface area (Å²) in [5.41, 5.74) is 0. The summed E-state index contributed by atoms with van der Waals surface area (Å²) in [6.45, 7) is 0. The van der Waals surface area contributed by atoms with Crippen LogP contribution in [0.25, 0.3) is 0 Å². The highest BCUT2D eigenvalue weighted by Crippen LogP contribution is 2.25. The van der Waals surface area contributed by atoms with E-state index in [-0.39, 0.29) is 11.6 Å². The lowest BCUT2D eigenvalue weighted by Gasteiger charge is -2.02. The van der Waals surface area contributed by atoms with E-state index in [4.69, 9.17) is 11.6 Å². The fourth-order valence-electron chi connectivity index (χ4n) is 0.691. The molecule has 13 heavy (non-hydrogen) atoms. The number of hydrogen-bond acceptors (Lipinski definition) is 3. The highest BCUT2D eigenvalue weighted by molar-refractivity contribution is 6.30. The van der Waals surface area contributed by atoms with Crippen molar-refractivity contribution in [2.24, 2.45) is 4.99 Å². The molecule has 0 saturated heterocycles. The Morgan fingerprint density at radius 3 is 2.85 bits per heavy atom. The lowest BCUT2D eigenvalue weighted by Crippen LogP contribution is -2.07. The zero-order valence-electron chi connectivity index (χ0n) is 7.40. The van der Waals surface area contributed by atoms with Crippen LogP contribution in [0.3, 0.4) is 0 Å². The first-order chi connectivity index (χ1) is 6.09. The Hall–Kier alpha value is -1.29. The van der Waals surface area contributed by atoms with Crippen molar-refractivity contribution in [1.82, 2.24) is 9.88 Å². The van der Waals surface area contributed by atoms with Crippen molar-refractivity contribution in [2.45, 2.75) is 0 Å². The maximum Gasteiger partial charge on any atom is 0.196 e. The van der Waals surface area contributed by atoms with E-state index >= 15 is 0 Å². The molecular formula is C8H10ClN3O. The van der Waals surface area contributed by atoms with Crippen LogP contribution in [0.1, 0.15) is 0 Å². The Balaban J connectivity index is 2.90. The molecule has 0 fully saturated rings. The average molecular weight is 200 g/mol. The summed E-state index contributed by atoms with van der Waals surface area (Å²) in [6.07, 6.45) is 2.99. The van der Waals surface area contributed by atoms with E-state index in [0.717, 1.165) is 0 Å². The van der Waals surface area contributed by atoms with Crippen LogP contribution in [0.4, 0.5) is 5.82 Å². The van der Waals surface area contributed by atoms with Crippen molar-refractivity contribution in [3.63, 3.8) is 0 Å². The first kappa shape index (κ1) is 9.80. The molecule has 0 amide bonds. The summed E-state index contributed by atoms with van der Waals surface area (Å²) >= 11 is 5.59.